The molecule has 0 aliphatic rings. The lowest BCUT2D eigenvalue weighted by Gasteiger charge is -2.08. The van der Waals surface area contributed by atoms with Gasteiger partial charge in [-0.1, -0.05) is 23.7 Å². The molecule has 0 radical (unpaired) electrons. The highest BCUT2D eigenvalue weighted by molar-refractivity contribution is 6.31. The molecule has 0 spiro atoms. The van der Waals surface area contributed by atoms with Crippen molar-refractivity contribution >= 4 is 22.4 Å². The highest BCUT2D eigenvalue weighted by Gasteiger charge is 2.06. The van der Waals surface area contributed by atoms with E-state index in [0.717, 1.165) is 16.3 Å². The summed E-state index contributed by atoms with van der Waals surface area (Å²) in [5.74, 6) is 0.301. The Morgan fingerprint density at radius 3 is 2.73 bits per heavy atom. The van der Waals surface area contributed by atoms with Crippen LogP contribution < -0.4 is 5.73 Å². The first-order valence-electron chi connectivity index (χ1n) is 4.82. The highest BCUT2D eigenvalue weighted by Crippen LogP contribution is 2.29. The average molecular weight is 222 g/mol. The van der Waals surface area contributed by atoms with Gasteiger partial charge in [0.1, 0.15) is 5.75 Å². The van der Waals surface area contributed by atoms with E-state index in [1.165, 1.54) is 0 Å². The van der Waals surface area contributed by atoms with Gasteiger partial charge in [-0.15, -0.1) is 0 Å². The first kappa shape index (κ1) is 10.3. The summed E-state index contributed by atoms with van der Waals surface area (Å²) in [5, 5.41) is 12.5. The number of halogens is 1. The molecule has 0 atom stereocenters. The standard InChI is InChI=1S/C12H12ClNO/c13-9-2-3-10-8(7-9)1-4-12(15)11(10)5-6-14/h1-4,7,15H,5-6,14H2. The minimum absolute atomic E-state index is 0.301. The van der Waals surface area contributed by atoms with Crippen molar-refractivity contribution in [3.63, 3.8) is 0 Å². The monoisotopic (exact) mass is 221 g/mol. The van der Waals surface area contributed by atoms with E-state index < -0.39 is 0 Å². The Morgan fingerprint density at radius 1 is 1.20 bits per heavy atom. The Kier molecular flexibility index (Phi) is 2.80. The molecule has 78 valence electrons. The van der Waals surface area contributed by atoms with E-state index in [0.29, 0.717) is 23.7 Å². The van der Waals surface area contributed by atoms with Gasteiger partial charge in [-0.25, -0.2) is 0 Å². The molecule has 2 rings (SSSR count). The zero-order chi connectivity index (χ0) is 10.8. The molecule has 2 aromatic carbocycles. The third-order valence-corrected chi connectivity index (χ3v) is 2.70. The summed E-state index contributed by atoms with van der Waals surface area (Å²) in [6, 6.07) is 9.17. The van der Waals surface area contributed by atoms with E-state index in [1.54, 1.807) is 6.07 Å². The minimum Gasteiger partial charge on any atom is -0.508 e. The second-order valence-corrected chi connectivity index (χ2v) is 3.90. The Labute approximate surface area is 93.3 Å². The predicted molar refractivity (Wildman–Crippen MR) is 63.4 cm³/mol. The summed E-state index contributed by atoms with van der Waals surface area (Å²) in [5.41, 5.74) is 6.41. The molecule has 0 saturated heterocycles. The third-order valence-electron chi connectivity index (χ3n) is 2.46. The van der Waals surface area contributed by atoms with E-state index in [2.05, 4.69) is 0 Å². The summed E-state index contributed by atoms with van der Waals surface area (Å²) >= 11 is 5.90. The fraction of sp³-hybridized carbons (Fsp3) is 0.167. The van der Waals surface area contributed by atoms with Crippen molar-refractivity contribution < 1.29 is 5.11 Å². The van der Waals surface area contributed by atoms with Crippen molar-refractivity contribution in [2.45, 2.75) is 6.42 Å². The number of hydrogen-bond donors (Lipinski definition) is 2. The molecule has 0 bridgehead atoms. The van der Waals surface area contributed by atoms with Crippen LogP contribution >= 0.6 is 11.6 Å². The molecule has 3 heteroatoms. The number of nitrogens with two attached hydrogens (primary N) is 1. The van der Waals surface area contributed by atoms with Crippen LogP contribution in [0.25, 0.3) is 10.8 Å². The molecule has 2 aromatic rings. The lowest BCUT2D eigenvalue weighted by atomic mass is 10.0. The van der Waals surface area contributed by atoms with Crippen molar-refractivity contribution in [3.8, 4) is 5.75 Å². The summed E-state index contributed by atoms with van der Waals surface area (Å²) < 4.78 is 0. The minimum atomic E-state index is 0.301. The van der Waals surface area contributed by atoms with Crippen molar-refractivity contribution in [1.82, 2.24) is 0 Å². The molecule has 15 heavy (non-hydrogen) atoms. The smallest absolute Gasteiger partial charge is 0.119 e. The molecule has 0 aliphatic carbocycles. The van der Waals surface area contributed by atoms with Gasteiger partial charge in [0.05, 0.1) is 0 Å². The van der Waals surface area contributed by atoms with Crippen molar-refractivity contribution in [3.05, 3.63) is 40.9 Å². The Balaban J connectivity index is 2.70. The number of phenolic OH excluding ortho intramolecular Hbond substituents is 1. The lowest BCUT2D eigenvalue weighted by molar-refractivity contribution is 0.469. The zero-order valence-electron chi connectivity index (χ0n) is 8.20. The molecule has 0 saturated carbocycles. The lowest BCUT2D eigenvalue weighted by Crippen LogP contribution is -2.03. The van der Waals surface area contributed by atoms with Crippen LogP contribution in [-0.4, -0.2) is 11.7 Å². The van der Waals surface area contributed by atoms with E-state index in [1.807, 2.05) is 24.3 Å². The molecular formula is C12H12ClNO. The number of hydrogen-bond acceptors (Lipinski definition) is 2. The molecule has 0 aliphatic heterocycles. The van der Waals surface area contributed by atoms with Crippen LogP contribution in [0.15, 0.2) is 30.3 Å². The van der Waals surface area contributed by atoms with Gasteiger partial charge in [0.2, 0.25) is 0 Å². The number of phenols is 1. The van der Waals surface area contributed by atoms with E-state index >= 15 is 0 Å². The predicted octanol–water partition coefficient (Wildman–Crippen LogP) is 2.70. The van der Waals surface area contributed by atoms with Gasteiger partial charge in [-0.3, -0.25) is 0 Å². The number of benzene rings is 2. The molecule has 0 fully saturated rings. The fourth-order valence-electron chi connectivity index (χ4n) is 1.76. The number of fused-ring (bicyclic) bond motifs is 1. The zero-order valence-corrected chi connectivity index (χ0v) is 8.96. The fourth-order valence-corrected chi connectivity index (χ4v) is 1.94. The summed E-state index contributed by atoms with van der Waals surface area (Å²) in [4.78, 5) is 0. The van der Waals surface area contributed by atoms with E-state index in [4.69, 9.17) is 17.3 Å². The van der Waals surface area contributed by atoms with Gasteiger partial charge in [0.15, 0.2) is 0 Å². The number of aromatic hydroxyl groups is 1. The number of rotatable bonds is 2. The highest BCUT2D eigenvalue weighted by atomic mass is 35.5. The van der Waals surface area contributed by atoms with E-state index in [-0.39, 0.29) is 0 Å². The van der Waals surface area contributed by atoms with E-state index in [9.17, 15) is 5.11 Å². The first-order chi connectivity index (χ1) is 7.22. The molecule has 0 unspecified atom stereocenters. The summed E-state index contributed by atoms with van der Waals surface area (Å²) in [6.07, 6.45) is 0.671. The Hall–Kier alpha value is -1.25. The Morgan fingerprint density at radius 2 is 2.00 bits per heavy atom. The molecule has 0 heterocycles. The molecular weight excluding hydrogens is 210 g/mol. The van der Waals surface area contributed by atoms with Crippen LogP contribution in [0.3, 0.4) is 0 Å². The van der Waals surface area contributed by atoms with Crippen LogP contribution in [0, 0.1) is 0 Å². The van der Waals surface area contributed by atoms with Crippen LogP contribution in [0.4, 0.5) is 0 Å². The van der Waals surface area contributed by atoms with Crippen LogP contribution in [-0.2, 0) is 6.42 Å². The van der Waals surface area contributed by atoms with Gasteiger partial charge in [-0.2, -0.15) is 0 Å². The van der Waals surface area contributed by atoms with Crippen molar-refractivity contribution in [2.24, 2.45) is 5.73 Å². The van der Waals surface area contributed by atoms with Gasteiger partial charge in [0, 0.05) is 10.6 Å². The molecule has 3 N–H and O–H groups in total. The topological polar surface area (TPSA) is 46.2 Å². The molecule has 2 nitrogen and oxygen atoms in total. The van der Waals surface area contributed by atoms with Gasteiger partial charge in [-0.05, 0) is 41.9 Å². The maximum atomic E-state index is 9.72. The third kappa shape index (κ3) is 1.91. The Bertz CT molecular complexity index is 496. The summed E-state index contributed by atoms with van der Waals surface area (Å²) in [6.45, 7) is 0.523. The second-order valence-electron chi connectivity index (χ2n) is 3.47. The van der Waals surface area contributed by atoms with Gasteiger partial charge >= 0.3 is 0 Å². The van der Waals surface area contributed by atoms with Crippen LogP contribution in [0.5, 0.6) is 5.75 Å². The quantitative estimate of drug-likeness (QED) is 0.819. The second kappa shape index (κ2) is 4.09. The van der Waals surface area contributed by atoms with Gasteiger partial charge in [0.25, 0.3) is 0 Å². The van der Waals surface area contributed by atoms with Crippen LogP contribution in [0.2, 0.25) is 5.02 Å². The van der Waals surface area contributed by atoms with Gasteiger partial charge < -0.3 is 10.8 Å². The maximum absolute atomic E-state index is 9.72. The molecule has 0 amide bonds. The van der Waals surface area contributed by atoms with Crippen LogP contribution in [0.1, 0.15) is 5.56 Å². The first-order valence-corrected chi connectivity index (χ1v) is 5.20. The SMILES string of the molecule is NCCc1c(O)ccc2cc(Cl)ccc12. The normalized spacial score (nSPS) is 10.8. The largest absolute Gasteiger partial charge is 0.508 e. The molecule has 0 aromatic heterocycles. The average Bonchev–Trinajstić information content (AvgIpc) is 2.22. The maximum Gasteiger partial charge on any atom is 0.119 e. The summed E-state index contributed by atoms with van der Waals surface area (Å²) in [7, 11) is 0. The van der Waals surface area contributed by atoms with Crippen molar-refractivity contribution in [2.75, 3.05) is 6.54 Å². The van der Waals surface area contributed by atoms with Crippen molar-refractivity contribution in [1.29, 1.82) is 0 Å².